The summed E-state index contributed by atoms with van der Waals surface area (Å²) in [6.45, 7) is 1.58. The van der Waals surface area contributed by atoms with Gasteiger partial charge in [0.25, 0.3) is 0 Å². The molecule has 0 saturated carbocycles. The third-order valence-electron chi connectivity index (χ3n) is 2.83. The van der Waals surface area contributed by atoms with Crippen molar-refractivity contribution in [1.82, 2.24) is 0 Å². The highest BCUT2D eigenvalue weighted by atomic mass is 35.5. The van der Waals surface area contributed by atoms with Crippen LogP contribution in [0, 0.1) is 0 Å². The largest absolute Gasteiger partial charge is 0.497 e. The Morgan fingerprint density at radius 1 is 1.22 bits per heavy atom. The van der Waals surface area contributed by atoms with Gasteiger partial charge in [-0.15, -0.1) is 11.6 Å². The first-order chi connectivity index (χ1) is 8.31. The summed E-state index contributed by atoms with van der Waals surface area (Å²) in [7, 11) is -0.155. The number of rotatable bonds is 5. The van der Waals surface area contributed by atoms with Gasteiger partial charge in [0.15, 0.2) is 9.84 Å². The number of hydrogen-bond donors (Lipinski definition) is 0. The Kier molecular flexibility index (Phi) is 4.87. The van der Waals surface area contributed by atoms with Crippen molar-refractivity contribution >= 4 is 21.4 Å². The van der Waals surface area contributed by atoms with Crippen molar-refractivity contribution in [3.63, 3.8) is 0 Å². The highest BCUT2D eigenvalue weighted by Crippen LogP contribution is 2.36. The number of benzene rings is 1. The van der Waals surface area contributed by atoms with Gasteiger partial charge in [0, 0.05) is 17.9 Å². The van der Waals surface area contributed by atoms with Gasteiger partial charge in [-0.2, -0.15) is 0 Å². The molecule has 0 amide bonds. The summed E-state index contributed by atoms with van der Waals surface area (Å²) < 4.78 is 33.3. The maximum atomic E-state index is 11.5. The molecule has 0 N–H and O–H groups in total. The van der Waals surface area contributed by atoms with E-state index in [0.29, 0.717) is 17.1 Å². The van der Waals surface area contributed by atoms with Gasteiger partial charge in [0.05, 0.1) is 24.8 Å². The summed E-state index contributed by atoms with van der Waals surface area (Å²) in [4.78, 5) is 0. The molecule has 0 aliphatic rings. The molecule has 1 aromatic rings. The Morgan fingerprint density at radius 2 is 1.83 bits per heavy atom. The van der Waals surface area contributed by atoms with E-state index >= 15 is 0 Å². The Hall–Kier alpha value is -0.940. The molecule has 0 aliphatic carbocycles. The van der Waals surface area contributed by atoms with Crippen LogP contribution in [0.5, 0.6) is 11.5 Å². The third kappa shape index (κ3) is 3.29. The summed E-state index contributed by atoms with van der Waals surface area (Å²) in [6, 6.07) is 5.12. The number of methoxy groups -OCH3 is 2. The average molecular weight is 293 g/mol. The van der Waals surface area contributed by atoms with Crippen LogP contribution in [0.1, 0.15) is 17.9 Å². The molecule has 0 radical (unpaired) electrons. The molecular formula is C12H17ClO4S. The molecule has 0 heterocycles. The van der Waals surface area contributed by atoms with Crippen LogP contribution >= 0.6 is 11.6 Å². The molecule has 2 atom stereocenters. The van der Waals surface area contributed by atoms with E-state index < -0.39 is 20.5 Å². The second kappa shape index (κ2) is 5.80. The van der Waals surface area contributed by atoms with Gasteiger partial charge in [-0.1, -0.05) is 6.07 Å². The minimum absolute atomic E-state index is 0.518. The lowest BCUT2D eigenvalue weighted by Crippen LogP contribution is -2.21. The average Bonchev–Trinajstić information content (AvgIpc) is 2.35. The van der Waals surface area contributed by atoms with Gasteiger partial charge >= 0.3 is 0 Å². The van der Waals surface area contributed by atoms with Crippen LogP contribution in [0.4, 0.5) is 0 Å². The van der Waals surface area contributed by atoms with Crippen molar-refractivity contribution in [2.45, 2.75) is 17.6 Å². The molecule has 102 valence electrons. The van der Waals surface area contributed by atoms with Crippen molar-refractivity contribution in [2.24, 2.45) is 0 Å². The molecular weight excluding hydrogens is 276 g/mol. The number of halogens is 1. The van der Waals surface area contributed by atoms with Crippen molar-refractivity contribution in [1.29, 1.82) is 0 Å². The lowest BCUT2D eigenvalue weighted by Gasteiger charge is -2.19. The zero-order chi connectivity index (χ0) is 13.9. The Balaban J connectivity index is 3.17. The summed E-state index contributed by atoms with van der Waals surface area (Å²) in [5.41, 5.74) is 0.637. The van der Waals surface area contributed by atoms with Crippen LogP contribution in [-0.2, 0) is 9.84 Å². The molecule has 0 spiro atoms. The summed E-state index contributed by atoms with van der Waals surface area (Å²) in [5.74, 6) is 1.15. The van der Waals surface area contributed by atoms with Crippen LogP contribution in [0.15, 0.2) is 18.2 Å². The van der Waals surface area contributed by atoms with E-state index in [1.54, 1.807) is 32.2 Å². The molecule has 2 unspecified atom stereocenters. The van der Waals surface area contributed by atoms with Crippen molar-refractivity contribution in [3.8, 4) is 11.5 Å². The monoisotopic (exact) mass is 292 g/mol. The Labute approximate surface area is 113 Å². The van der Waals surface area contributed by atoms with E-state index in [-0.39, 0.29) is 0 Å². The molecule has 0 saturated heterocycles. The van der Waals surface area contributed by atoms with E-state index in [9.17, 15) is 8.42 Å². The van der Waals surface area contributed by atoms with Crippen molar-refractivity contribution in [2.75, 3.05) is 20.5 Å². The van der Waals surface area contributed by atoms with Crippen LogP contribution < -0.4 is 9.47 Å². The van der Waals surface area contributed by atoms with Gasteiger partial charge in [0.1, 0.15) is 11.5 Å². The van der Waals surface area contributed by atoms with Crippen LogP contribution in [0.3, 0.4) is 0 Å². The fraction of sp³-hybridized carbons (Fsp3) is 0.500. The highest BCUT2D eigenvalue weighted by molar-refractivity contribution is 7.91. The summed E-state index contributed by atoms with van der Waals surface area (Å²) in [5, 5.41) is -1.36. The van der Waals surface area contributed by atoms with Crippen LogP contribution in [-0.4, -0.2) is 34.1 Å². The molecule has 0 fully saturated rings. The highest BCUT2D eigenvalue weighted by Gasteiger charge is 2.27. The molecule has 6 heteroatoms. The topological polar surface area (TPSA) is 52.6 Å². The molecule has 4 nitrogen and oxygen atoms in total. The molecule has 0 aliphatic heterocycles. The second-order valence-corrected chi connectivity index (χ2v) is 6.92. The van der Waals surface area contributed by atoms with Crippen molar-refractivity contribution < 1.29 is 17.9 Å². The third-order valence-corrected chi connectivity index (χ3v) is 5.21. The van der Waals surface area contributed by atoms with Crippen LogP contribution in [0.25, 0.3) is 0 Å². The first-order valence-corrected chi connectivity index (χ1v) is 7.75. The first-order valence-electron chi connectivity index (χ1n) is 5.36. The van der Waals surface area contributed by atoms with Gasteiger partial charge in [-0.25, -0.2) is 8.42 Å². The van der Waals surface area contributed by atoms with Gasteiger partial charge < -0.3 is 9.47 Å². The first kappa shape index (κ1) is 15.1. The molecule has 1 rings (SSSR count). The maximum absolute atomic E-state index is 11.5. The molecule has 18 heavy (non-hydrogen) atoms. The van der Waals surface area contributed by atoms with Gasteiger partial charge in [-0.3, -0.25) is 0 Å². The number of sulfone groups is 1. The zero-order valence-corrected chi connectivity index (χ0v) is 12.4. The lowest BCUT2D eigenvalue weighted by molar-refractivity contribution is 0.390. The fourth-order valence-electron chi connectivity index (χ4n) is 1.52. The maximum Gasteiger partial charge on any atom is 0.151 e. The van der Waals surface area contributed by atoms with Gasteiger partial charge in [0.2, 0.25) is 0 Å². The predicted octanol–water partition coefficient (Wildman–Crippen LogP) is 2.42. The molecule has 1 aromatic carbocycles. The van der Waals surface area contributed by atoms with E-state index in [1.807, 2.05) is 0 Å². The Morgan fingerprint density at radius 3 is 2.28 bits per heavy atom. The normalized spacial score (nSPS) is 14.9. The Bertz CT molecular complexity index is 513. The minimum Gasteiger partial charge on any atom is -0.497 e. The quantitative estimate of drug-likeness (QED) is 0.782. The lowest BCUT2D eigenvalue weighted by atomic mass is 10.1. The predicted molar refractivity (Wildman–Crippen MR) is 72.4 cm³/mol. The minimum atomic E-state index is -3.21. The summed E-state index contributed by atoms with van der Waals surface area (Å²) in [6.07, 6.45) is 1.17. The SMILES string of the molecule is COc1ccc(C(Cl)C(C)S(C)(=O)=O)c(OC)c1. The van der Waals surface area contributed by atoms with E-state index in [4.69, 9.17) is 21.1 Å². The molecule has 0 aromatic heterocycles. The van der Waals surface area contributed by atoms with Crippen LogP contribution in [0.2, 0.25) is 0 Å². The van der Waals surface area contributed by atoms with E-state index in [2.05, 4.69) is 0 Å². The zero-order valence-electron chi connectivity index (χ0n) is 10.8. The van der Waals surface area contributed by atoms with Gasteiger partial charge in [-0.05, 0) is 13.0 Å². The number of ether oxygens (including phenoxy) is 2. The standard InChI is InChI=1S/C12H17ClO4S/c1-8(18(4,14)15)12(13)10-6-5-9(16-2)7-11(10)17-3/h5-8,12H,1-4H3. The molecule has 0 bridgehead atoms. The van der Waals surface area contributed by atoms with E-state index in [0.717, 1.165) is 0 Å². The fourth-order valence-corrected chi connectivity index (χ4v) is 2.84. The number of hydrogen-bond acceptors (Lipinski definition) is 4. The smallest absolute Gasteiger partial charge is 0.151 e. The van der Waals surface area contributed by atoms with Crippen molar-refractivity contribution in [3.05, 3.63) is 23.8 Å². The van der Waals surface area contributed by atoms with E-state index in [1.165, 1.54) is 13.4 Å². The number of alkyl halides is 1. The summed E-state index contributed by atoms with van der Waals surface area (Å²) >= 11 is 6.22. The second-order valence-electron chi connectivity index (χ2n) is 4.04.